The molecule has 100 valence electrons. The first-order valence-electron chi connectivity index (χ1n) is 7.01. The van der Waals surface area contributed by atoms with Crippen LogP contribution in [0.4, 0.5) is 0 Å². The maximum Gasteiger partial charge on any atom is 0.0963 e. The summed E-state index contributed by atoms with van der Waals surface area (Å²) in [6.45, 7) is 5.38. The number of nitrogens with zero attached hydrogens (tertiary/aromatic N) is 2. The topological polar surface area (TPSA) is 42.2 Å². The van der Waals surface area contributed by atoms with E-state index in [1.54, 1.807) is 0 Å². The van der Waals surface area contributed by atoms with Crippen LogP contribution in [0.2, 0.25) is 0 Å². The van der Waals surface area contributed by atoms with Gasteiger partial charge in [0.1, 0.15) is 0 Å². The number of aryl methyl sites for hydroxylation is 1. The summed E-state index contributed by atoms with van der Waals surface area (Å²) < 4.78 is 0. The average Bonchev–Trinajstić information content (AvgIpc) is 3.08. The van der Waals surface area contributed by atoms with Crippen LogP contribution in [-0.2, 0) is 5.41 Å². The highest BCUT2D eigenvalue weighted by atomic mass is 32.1. The standard InChI is InChI=1S/C14H23N3S/c1-10-12(14(9-15)5-6-14)18-13(16-10)11-3-7-17(2)8-4-11/h11H,3-9,15H2,1-2H3. The van der Waals surface area contributed by atoms with Crippen LogP contribution in [0.3, 0.4) is 0 Å². The normalized spacial score (nSPS) is 24.4. The van der Waals surface area contributed by atoms with Gasteiger partial charge >= 0.3 is 0 Å². The Morgan fingerprint density at radius 3 is 2.61 bits per heavy atom. The van der Waals surface area contributed by atoms with Crippen molar-refractivity contribution < 1.29 is 0 Å². The Morgan fingerprint density at radius 1 is 1.39 bits per heavy atom. The van der Waals surface area contributed by atoms with Crippen LogP contribution in [0.1, 0.15) is 47.2 Å². The van der Waals surface area contributed by atoms with Crippen LogP contribution in [0.25, 0.3) is 0 Å². The summed E-state index contributed by atoms with van der Waals surface area (Å²) in [5, 5.41) is 1.37. The maximum absolute atomic E-state index is 5.95. The van der Waals surface area contributed by atoms with Crippen molar-refractivity contribution >= 4 is 11.3 Å². The molecule has 0 radical (unpaired) electrons. The summed E-state index contributed by atoms with van der Waals surface area (Å²) in [5.41, 5.74) is 7.51. The van der Waals surface area contributed by atoms with Gasteiger partial charge in [-0.1, -0.05) is 0 Å². The highest BCUT2D eigenvalue weighted by Gasteiger charge is 2.46. The lowest BCUT2D eigenvalue weighted by Crippen LogP contribution is -2.29. The van der Waals surface area contributed by atoms with Crippen molar-refractivity contribution in [2.24, 2.45) is 5.73 Å². The average molecular weight is 265 g/mol. The molecule has 1 saturated heterocycles. The van der Waals surface area contributed by atoms with E-state index in [9.17, 15) is 0 Å². The van der Waals surface area contributed by atoms with Gasteiger partial charge in [-0.05, 0) is 52.7 Å². The van der Waals surface area contributed by atoms with Crippen LogP contribution < -0.4 is 5.73 Å². The second-order valence-corrected chi connectivity index (χ2v) is 7.06. The van der Waals surface area contributed by atoms with Gasteiger partial charge < -0.3 is 10.6 Å². The van der Waals surface area contributed by atoms with Crippen molar-refractivity contribution in [3.8, 4) is 0 Å². The number of rotatable bonds is 3. The Kier molecular flexibility index (Phi) is 3.20. The lowest BCUT2D eigenvalue weighted by atomic mass is 9.98. The Morgan fingerprint density at radius 2 is 2.06 bits per heavy atom. The first-order valence-corrected chi connectivity index (χ1v) is 7.83. The second-order valence-electron chi connectivity index (χ2n) is 6.03. The van der Waals surface area contributed by atoms with Crippen LogP contribution in [0.5, 0.6) is 0 Å². The number of hydrogen-bond donors (Lipinski definition) is 1. The fourth-order valence-corrected chi connectivity index (χ4v) is 4.51. The summed E-state index contributed by atoms with van der Waals surface area (Å²) in [4.78, 5) is 8.76. The van der Waals surface area contributed by atoms with E-state index in [4.69, 9.17) is 10.7 Å². The van der Waals surface area contributed by atoms with Crippen LogP contribution >= 0.6 is 11.3 Å². The van der Waals surface area contributed by atoms with E-state index in [2.05, 4.69) is 18.9 Å². The molecule has 0 amide bonds. The minimum atomic E-state index is 0.311. The molecule has 18 heavy (non-hydrogen) atoms. The first kappa shape index (κ1) is 12.6. The van der Waals surface area contributed by atoms with E-state index in [0.717, 1.165) is 6.54 Å². The molecule has 2 fully saturated rings. The zero-order valence-electron chi connectivity index (χ0n) is 11.4. The van der Waals surface area contributed by atoms with Crippen molar-refractivity contribution in [2.75, 3.05) is 26.7 Å². The van der Waals surface area contributed by atoms with E-state index in [1.165, 1.54) is 54.4 Å². The smallest absolute Gasteiger partial charge is 0.0963 e. The molecule has 2 N–H and O–H groups in total. The van der Waals surface area contributed by atoms with Gasteiger partial charge in [0.25, 0.3) is 0 Å². The van der Waals surface area contributed by atoms with Gasteiger partial charge in [0, 0.05) is 22.8 Å². The molecule has 1 aliphatic heterocycles. The molecule has 2 heterocycles. The molecule has 4 heteroatoms. The molecule has 1 aromatic heterocycles. The molecule has 1 aromatic rings. The number of hydrogen-bond acceptors (Lipinski definition) is 4. The van der Waals surface area contributed by atoms with Crippen LogP contribution in [-0.4, -0.2) is 36.6 Å². The Labute approximate surface area is 113 Å². The number of aromatic nitrogens is 1. The fourth-order valence-electron chi connectivity index (χ4n) is 3.01. The predicted molar refractivity (Wildman–Crippen MR) is 76.3 cm³/mol. The van der Waals surface area contributed by atoms with Gasteiger partial charge in [-0.15, -0.1) is 11.3 Å². The Balaban J connectivity index is 1.80. The van der Waals surface area contributed by atoms with Crippen LogP contribution in [0, 0.1) is 6.92 Å². The Hall–Kier alpha value is -0.450. The largest absolute Gasteiger partial charge is 0.330 e. The molecule has 3 rings (SSSR count). The number of nitrogens with two attached hydrogens (primary N) is 1. The summed E-state index contributed by atoms with van der Waals surface area (Å²) >= 11 is 1.95. The molecule has 0 spiro atoms. The molecule has 1 saturated carbocycles. The quantitative estimate of drug-likeness (QED) is 0.911. The van der Waals surface area contributed by atoms with Crippen molar-refractivity contribution in [3.05, 3.63) is 15.6 Å². The second kappa shape index (κ2) is 4.58. The van der Waals surface area contributed by atoms with Gasteiger partial charge in [-0.3, -0.25) is 0 Å². The maximum atomic E-state index is 5.95. The Bertz CT molecular complexity index is 428. The minimum absolute atomic E-state index is 0.311. The van der Waals surface area contributed by atoms with Gasteiger partial charge in [0.2, 0.25) is 0 Å². The molecule has 1 aliphatic carbocycles. The molecule has 3 nitrogen and oxygen atoms in total. The van der Waals surface area contributed by atoms with E-state index in [-0.39, 0.29) is 0 Å². The third-order valence-corrected chi connectivity index (χ3v) is 6.17. The first-order chi connectivity index (χ1) is 8.64. The zero-order chi connectivity index (χ0) is 12.8. The third-order valence-electron chi connectivity index (χ3n) is 4.61. The van der Waals surface area contributed by atoms with Crippen molar-refractivity contribution in [3.63, 3.8) is 0 Å². The van der Waals surface area contributed by atoms with E-state index in [1.807, 2.05) is 11.3 Å². The molecule has 0 aromatic carbocycles. The zero-order valence-corrected chi connectivity index (χ0v) is 12.2. The number of thiazole rings is 1. The van der Waals surface area contributed by atoms with Crippen molar-refractivity contribution in [1.82, 2.24) is 9.88 Å². The number of piperidine rings is 1. The molecule has 0 atom stereocenters. The highest BCUT2D eigenvalue weighted by Crippen LogP contribution is 2.51. The lowest BCUT2D eigenvalue weighted by molar-refractivity contribution is 0.255. The van der Waals surface area contributed by atoms with Crippen LogP contribution in [0.15, 0.2) is 0 Å². The predicted octanol–water partition coefficient (Wildman–Crippen LogP) is 2.25. The van der Waals surface area contributed by atoms with Crippen molar-refractivity contribution in [2.45, 2.75) is 43.9 Å². The molecule has 0 unspecified atom stereocenters. The summed E-state index contributed by atoms with van der Waals surface area (Å²) in [5.74, 6) is 0.687. The monoisotopic (exact) mass is 265 g/mol. The van der Waals surface area contributed by atoms with Crippen molar-refractivity contribution in [1.29, 1.82) is 0 Å². The molecular weight excluding hydrogens is 242 g/mol. The summed E-state index contributed by atoms with van der Waals surface area (Å²) in [6.07, 6.45) is 5.05. The fraction of sp³-hybridized carbons (Fsp3) is 0.786. The third kappa shape index (κ3) is 2.10. The highest BCUT2D eigenvalue weighted by molar-refractivity contribution is 7.12. The summed E-state index contributed by atoms with van der Waals surface area (Å²) in [6, 6.07) is 0. The van der Waals surface area contributed by atoms with E-state index < -0.39 is 0 Å². The summed E-state index contributed by atoms with van der Waals surface area (Å²) in [7, 11) is 2.21. The molecular formula is C14H23N3S. The number of likely N-dealkylation sites (tertiary alicyclic amines) is 1. The van der Waals surface area contributed by atoms with Gasteiger partial charge in [-0.2, -0.15) is 0 Å². The van der Waals surface area contributed by atoms with Gasteiger partial charge in [-0.25, -0.2) is 4.98 Å². The van der Waals surface area contributed by atoms with Gasteiger partial charge in [0.15, 0.2) is 0 Å². The lowest BCUT2D eigenvalue weighted by Gasteiger charge is -2.27. The molecule has 0 bridgehead atoms. The van der Waals surface area contributed by atoms with E-state index >= 15 is 0 Å². The van der Waals surface area contributed by atoms with E-state index in [0.29, 0.717) is 11.3 Å². The van der Waals surface area contributed by atoms with Gasteiger partial charge in [0.05, 0.1) is 10.7 Å². The molecule has 2 aliphatic rings. The minimum Gasteiger partial charge on any atom is -0.330 e. The SMILES string of the molecule is Cc1nc(C2CCN(C)CC2)sc1C1(CN)CC1.